The second kappa shape index (κ2) is 6.62. The molecule has 0 spiro atoms. The summed E-state index contributed by atoms with van der Waals surface area (Å²) in [6.45, 7) is 9.17. The predicted octanol–water partition coefficient (Wildman–Crippen LogP) is 4.20. The molecule has 2 fully saturated rings. The summed E-state index contributed by atoms with van der Waals surface area (Å²) in [6.07, 6.45) is 8.54. The summed E-state index contributed by atoms with van der Waals surface area (Å²) >= 11 is 0. The van der Waals surface area contributed by atoms with Gasteiger partial charge in [0.1, 0.15) is 6.61 Å². The molecule has 0 aromatic carbocycles. The highest BCUT2D eigenvalue weighted by atomic mass is 16.5. The highest BCUT2D eigenvalue weighted by Gasteiger charge is 2.57. The minimum absolute atomic E-state index is 0.0413. The average Bonchev–Trinajstić information content (AvgIpc) is 2.98. The Kier molecular flexibility index (Phi) is 4.82. The van der Waals surface area contributed by atoms with Gasteiger partial charge in [0.05, 0.1) is 12.5 Å². The van der Waals surface area contributed by atoms with E-state index in [-0.39, 0.29) is 17.4 Å². The van der Waals surface area contributed by atoms with Gasteiger partial charge in [0.2, 0.25) is 0 Å². The molecule has 0 aromatic rings. The maximum Gasteiger partial charge on any atom is 0.334 e. The van der Waals surface area contributed by atoms with Crippen LogP contribution in [-0.4, -0.2) is 25.7 Å². The first-order chi connectivity index (χ1) is 11.8. The molecule has 4 nitrogen and oxygen atoms in total. The van der Waals surface area contributed by atoms with Crippen LogP contribution in [0.4, 0.5) is 0 Å². The first-order valence-electron chi connectivity index (χ1n) is 9.45. The SMILES string of the molecule is C=C1CC[C@@H]2[C@@](C)(CCC[C@]2(C)C(=O)OC)[C@H]1CCC1=CCOC1=O. The van der Waals surface area contributed by atoms with Crippen LogP contribution in [0.15, 0.2) is 23.8 Å². The van der Waals surface area contributed by atoms with Crippen LogP contribution >= 0.6 is 0 Å². The predicted molar refractivity (Wildman–Crippen MR) is 95.7 cm³/mol. The molecule has 0 unspecified atom stereocenters. The van der Waals surface area contributed by atoms with Gasteiger partial charge < -0.3 is 9.47 Å². The minimum atomic E-state index is -0.410. The van der Waals surface area contributed by atoms with E-state index in [4.69, 9.17) is 9.47 Å². The molecule has 0 bridgehead atoms. The van der Waals surface area contributed by atoms with Gasteiger partial charge in [0.15, 0.2) is 0 Å². The van der Waals surface area contributed by atoms with E-state index in [1.807, 2.05) is 6.08 Å². The summed E-state index contributed by atoms with van der Waals surface area (Å²) in [4.78, 5) is 24.3. The number of fused-ring (bicyclic) bond motifs is 1. The van der Waals surface area contributed by atoms with Gasteiger partial charge in [-0.2, -0.15) is 0 Å². The first kappa shape index (κ1) is 18.2. The molecule has 0 saturated heterocycles. The number of methoxy groups -OCH3 is 1. The van der Waals surface area contributed by atoms with Crippen molar-refractivity contribution in [2.45, 2.75) is 58.8 Å². The summed E-state index contributed by atoms with van der Waals surface area (Å²) < 4.78 is 10.2. The molecule has 1 aliphatic heterocycles. The van der Waals surface area contributed by atoms with E-state index in [9.17, 15) is 9.59 Å². The Hall–Kier alpha value is -1.58. The zero-order valence-corrected chi connectivity index (χ0v) is 15.7. The Labute approximate surface area is 150 Å². The minimum Gasteiger partial charge on any atom is -0.469 e. The Bertz CT molecular complexity index is 619. The molecule has 138 valence electrons. The third-order valence-electron chi connectivity index (χ3n) is 7.18. The second-order valence-corrected chi connectivity index (χ2v) is 8.44. The van der Waals surface area contributed by atoms with E-state index in [2.05, 4.69) is 20.4 Å². The monoisotopic (exact) mass is 346 g/mol. The standard InChI is InChI=1S/C21H30O4/c1-14-6-9-17-20(2,11-5-12-21(17,3)19(23)24-4)16(14)8-7-15-10-13-25-18(15)22/h10,16-17H,1,5-9,11-13H2,2-4H3/t16-,17+,20-,21-/m0/s1. The van der Waals surface area contributed by atoms with E-state index >= 15 is 0 Å². The van der Waals surface area contributed by atoms with Crippen molar-refractivity contribution in [2.24, 2.45) is 22.7 Å². The molecule has 0 aromatic heterocycles. The van der Waals surface area contributed by atoms with E-state index in [0.29, 0.717) is 18.4 Å². The molecule has 2 saturated carbocycles. The number of carbonyl (C=O) groups is 2. The Balaban J connectivity index is 1.84. The number of cyclic esters (lactones) is 1. The molecule has 1 heterocycles. The number of esters is 2. The molecule has 2 aliphatic carbocycles. The van der Waals surface area contributed by atoms with Crippen molar-refractivity contribution in [3.8, 4) is 0 Å². The molecular formula is C21H30O4. The quantitative estimate of drug-likeness (QED) is 0.565. The van der Waals surface area contributed by atoms with Crippen molar-refractivity contribution >= 4 is 11.9 Å². The maximum absolute atomic E-state index is 12.6. The number of carbonyl (C=O) groups excluding carboxylic acids is 2. The van der Waals surface area contributed by atoms with Crippen LogP contribution < -0.4 is 0 Å². The topological polar surface area (TPSA) is 52.6 Å². The lowest BCUT2D eigenvalue weighted by Gasteiger charge is -2.57. The van der Waals surface area contributed by atoms with Gasteiger partial charge in [-0.15, -0.1) is 0 Å². The second-order valence-electron chi connectivity index (χ2n) is 8.44. The van der Waals surface area contributed by atoms with Crippen molar-refractivity contribution in [1.82, 2.24) is 0 Å². The van der Waals surface area contributed by atoms with Crippen LogP contribution in [-0.2, 0) is 19.1 Å². The van der Waals surface area contributed by atoms with Crippen LogP contribution in [0.3, 0.4) is 0 Å². The number of hydrogen-bond acceptors (Lipinski definition) is 4. The molecule has 3 rings (SSSR count). The fraction of sp³-hybridized carbons (Fsp3) is 0.714. The smallest absolute Gasteiger partial charge is 0.334 e. The third kappa shape index (κ3) is 2.94. The number of rotatable bonds is 4. The lowest BCUT2D eigenvalue weighted by Crippen LogP contribution is -2.53. The molecule has 25 heavy (non-hydrogen) atoms. The van der Waals surface area contributed by atoms with E-state index < -0.39 is 5.41 Å². The molecule has 4 atom stereocenters. The number of hydrogen-bond donors (Lipinski definition) is 0. The third-order valence-corrected chi connectivity index (χ3v) is 7.18. The van der Waals surface area contributed by atoms with Crippen LogP contribution in [0.1, 0.15) is 58.8 Å². The summed E-state index contributed by atoms with van der Waals surface area (Å²) in [5.41, 5.74) is 1.70. The van der Waals surface area contributed by atoms with E-state index in [1.165, 1.54) is 12.7 Å². The van der Waals surface area contributed by atoms with Gasteiger partial charge in [-0.3, -0.25) is 4.79 Å². The Morgan fingerprint density at radius 3 is 2.80 bits per heavy atom. The maximum atomic E-state index is 12.6. The van der Waals surface area contributed by atoms with Crippen molar-refractivity contribution in [3.63, 3.8) is 0 Å². The largest absolute Gasteiger partial charge is 0.469 e. The van der Waals surface area contributed by atoms with Gasteiger partial charge in [-0.1, -0.05) is 25.5 Å². The van der Waals surface area contributed by atoms with Crippen LogP contribution in [0.2, 0.25) is 0 Å². The highest BCUT2D eigenvalue weighted by Crippen LogP contribution is 2.62. The fourth-order valence-corrected chi connectivity index (χ4v) is 5.86. The van der Waals surface area contributed by atoms with Gasteiger partial charge in [0, 0.05) is 5.57 Å². The van der Waals surface area contributed by atoms with Crippen molar-refractivity contribution in [2.75, 3.05) is 13.7 Å². The van der Waals surface area contributed by atoms with Gasteiger partial charge in [0.25, 0.3) is 0 Å². The fourth-order valence-electron chi connectivity index (χ4n) is 5.86. The molecule has 4 heteroatoms. The summed E-state index contributed by atoms with van der Waals surface area (Å²) in [6, 6.07) is 0. The van der Waals surface area contributed by atoms with Crippen molar-refractivity contribution in [1.29, 1.82) is 0 Å². The summed E-state index contributed by atoms with van der Waals surface area (Å²) in [7, 11) is 1.50. The normalized spacial score (nSPS) is 38.0. The zero-order chi connectivity index (χ0) is 18.2. The van der Waals surface area contributed by atoms with E-state index in [1.54, 1.807) is 0 Å². The lowest BCUT2D eigenvalue weighted by atomic mass is 9.46. The first-order valence-corrected chi connectivity index (χ1v) is 9.45. The van der Waals surface area contributed by atoms with Gasteiger partial charge >= 0.3 is 11.9 Å². The van der Waals surface area contributed by atoms with Crippen molar-refractivity contribution < 1.29 is 19.1 Å². The van der Waals surface area contributed by atoms with E-state index in [0.717, 1.165) is 50.5 Å². The van der Waals surface area contributed by atoms with Gasteiger partial charge in [-0.25, -0.2) is 4.79 Å². The summed E-state index contributed by atoms with van der Waals surface area (Å²) in [5.74, 6) is 0.397. The van der Waals surface area contributed by atoms with Crippen LogP contribution in [0.5, 0.6) is 0 Å². The summed E-state index contributed by atoms with van der Waals surface area (Å²) in [5, 5.41) is 0. The van der Waals surface area contributed by atoms with Gasteiger partial charge in [-0.05, 0) is 68.8 Å². The highest BCUT2D eigenvalue weighted by molar-refractivity contribution is 5.90. The molecule has 0 amide bonds. The molecular weight excluding hydrogens is 316 g/mol. The average molecular weight is 346 g/mol. The van der Waals surface area contributed by atoms with Crippen LogP contribution in [0, 0.1) is 22.7 Å². The van der Waals surface area contributed by atoms with Crippen molar-refractivity contribution in [3.05, 3.63) is 23.8 Å². The molecule has 3 aliphatic rings. The van der Waals surface area contributed by atoms with Crippen LogP contribution in [0.25, 0.3) is 0 Å². The zero-order valence-electron chi connectivity index (χ0n) is 15.7. The number of ether oxygens (including phenoxy) is 2. The lowest BCUT2D eigenvalue weighted by molar-refractivity contribution is -0.168. The Morgan fingerprint density at radius 2 is 2.16 bits per heavy atom. The molecule has 0 N–H and O–H groups in total. The Morgan fingerprint density at radius 1 is 1.40 bits per heavy atom. The molecule has 0 radical (unpaired) electrons. The number of allylic oxidation sites excluding steroid dienone is 1.